The van der Waals surface area contributed by atoms with E-state index in [1.807, 2.05) is 0 Å². The Bertz CT molecular complexity index is 695. The molecule has 0 unspecified atom stereocenters. The van der Waals surface area contributed by atoms with Crippen LogP contribution in [0.1, 0.15) is 15.9 Å². The van der Waals surface area contributed by atoms with Gasteiger partial charge in [-0.3, -0.25) is 14.8 Å². The van der Waals surface area contributed by atoms with E-state index in [-0.39, 0.29) is 11.3 Å². The lowest BCUT2D eigenvalue weighted by atomic mass is 10.1. The van der Waals surface area contributed by atoms with Crippen LogP contribution in [0.3, 0.4) is 0 Å². The van der Waals surface area contributed by atoms with E-state index in [0.29, 0.717) is 12.2 Å². The number of non-ortho nitro benzene ring substituents is 1. The van der Waals surface area contributed by atoms with E-state index in [1.165, 1.54) is 18.2 Å². The van der Waals surface area contributed by atoms with Crippen molar-refractivity contribution in [2.75, 3.05) is 11.9 Å². The van der Waals surface area contributed by atoms with Crippen molar-refractivity contribution in [3.05, 3.63) is 51.8 Å². The molecule has 0 atom stereocenters. The quantitative estimate of drug-likeness (QED) is 0.663. The summed E-state index contributed by atoms with van der Waals surface area (Å²) < 4.78 is 1.63. The third-order valence-electron chi connectivity index (χ3n) is 3.01. The fraction of sp³-hybridized carbons (Fsp3) is 0.231. The maximum Gasteiger partial charge on any atom is 0.337 e. The molecule has 0 amide bonds. The Hall–Kier alpha value is -2.90. The topological polar surface area (TPSA) is 102 Å². The third-order valence-corrected chi connectivity index (χ3v) is 3.01. The highest BCUT2D eigenvalue weighted by atomic mass is 16.6. The number of aryl methyl sites for hydroxylation is 1. The number of carboxylic acid groups (broad SMARTS) is 1. The summed E-state index contributed by atoms with van der Waals surface area (Å²) in [6.07, 6.45) is 3.46. The number of nitro groups is 1. The van der Waals surface area contributed by atoms with Gasteiger partial charge in [0.25, 0.3) is 5.69 Å². The van der Waals surface area contributed by atoms with E-state index < -0.39 is 10.9 Å². The number of nitrogens with zero attached hydrogens (tertiary/aromatic N) is 4. The number of aromatic nitrogens is 2. The summed E-state index contributed by atoms with van der Waals surface area (Å²) in [4.78, 5) is 23.2. The molecule has 0 fully saturated rings. The smallest absolute Gasteiger partial charge is 0.337 e. The highest BCUT2D eigenvalue weighted by Gasteiger charge is 2.18. The first-order valence-electron chi connectivity index (χ1n) is 6.09. The summed E-state index contributed by atoms with van der Waals surface area (Å²) in [6, 6.07) is 3.69. The van der Waals surface area contributed by atoms with Gasteiger partial charge in [0.15, 0.2) is 0 Å². The summed E-state index contributed by atoms with van der Waals surface area (Å²) in [5.41, 5.74) is 1.04. The van der Waals surface area contributed by atoms with Crippen LogP contribution in [0.15, 0.2) is 30.6 Å². The predicted molar refractivity (Wildman–Crippen MR) is 75.4 cm³/mol. The molecule has 0 aliphatic carbocycles. The van der Waals surface area contributed by atoms with Crippen LogP contribution in [0.4, 0.5) is 11.4 Å². The minimum absolute atomic E-state index is 0.0204. The SMILES string of the molecule is CN(Cc1cnn(C)c1)c1cc([N+](=O)[O-])ccc1C(=O)O. The van der Waals surface area contributed by atoms with Gasteiger partial charge in [-0.15, -0.1) is 0 Å². The molecule has 1 aromatic heterocycles. The van der Waals surface area contributed by atoms with Crippen molar-refractivity contribution < 1.29 is 14.8 Å². The van der Waals surface area contributed by atoms with Crippen molar-refractivity contribution in [3.63, 3.8) is 0 Å². The molecule has 0 radical (unpaired) electrons. The summed E-state index contributed by atoms with van der Waals surface area (Å²) >= 11 is 0. The van der Waals surface area contributed by atoms with E-state index in [1.54, 1.807) is 36.1 Å². The van der Waals surface area contributed by atoms with E-state index in [4.69, 9.17) is 0 Å². The van der Waals surface area contributed by atoms with Crippen molar-refractivity contribution in [3.8, 4) is 0 Å². The fourth-order valence-corrected chi connectivity index (χ4v) is 2.04. The Morgan fingerprint density at radius 2 is 2.24 bits per heavy atom. The van der Waals surface area contributed by atoms with Gasteiger partial charge in [0, 0.05) is 44.5 Å². The summed E-state index contributed by atoms with van der Waals surface area (Å²) in [5, 5.41) is 24.1. The minimum Gasteiger partial charge on any atom is -0.478 e. The molecule has 0 saturated carbocycles. The lowest BCUT2D eigenvalue weighted by molar-refractivity contribution is -0.384. The molecule has 1 N–H and O–H groups in total. The van der Waals surface area contributed by atoms with Crippen LogP contribution in [-0.4, -0.2) is 32.8 Å². The normalized spacial score (nSPS) is 10.4. The van der Waals surface area contributed by atoms with Gasteiger partial charge in [-0.2, -0.15) is 5.10 Å². The Morgan fingerprint density at radius 3 is 2.76 bits per heavy atom. The van der Waals surface area contributed by atoms with E-state index in [0.717, 1.165) is 5.56 Å². The maximum atomic E-state index is 11.3. The van der Waals surface area contributed by atoms with Crippen molar-refractivity contribution in [2.45, 2.75) is 6.54 Å². The van der Waals surface area contributed by atoms with E-state index in [2.05, 4.69) is 5.10 Å². The van der Waals surface area contributed by atoms with Gasteiger partial charge in [-0.25, -0.2) is 4.79 Å². The zero-order valence-corrected chi connectivity index (χ0v) is 11.6. The number of carbonyl (C=O) groups is 1. The molecule has 8 heteroatoms. The van der Waals surface area contributed by atoms with Crippen molar-refractivity contribution >= 4 is 17.3 Å². The first-order chi connectivity index (χ1) is 9.88. The van der Waals surface area contributed by atoms with Gasteiger partial charge < -0.3 is 10.0 Å². The average molecular weight is 290 g/mol. The first-order valence-corrected chi connectivity index (χ1v) is 6.09. The zero-order chi connectivity index (χ0) is 15.6. The monoisotopic (exact) mass is 290 g/mol. The fourth-order valence-electron chi connectivity index (χ4n) is 2.04. The van der Waals surface area contributed by atoms with Crippen LogP contribution in [0.25, 0.3) is 0 Å². The lowest BCUT2D eigenvalue weighted by Gasteiger charge is -2.20. The Morgan fingerprint density at radius 1 is 1.52 bits per heavy atom. The van der Waals surface area contributed by atoms with Gasteiger partial charge in [0.2, 0.25) is 0 Å². The molecule has 0 aliphatic heterocycles. The van der Waals surface area contributed by atoms with Crippen LogP contribution in [0.2, 0.25) is 0 Å². The molecule has 0 saturated heterocycles. The number of benzene rings is 1. The highest BCUT2D eigenvalue weighted by molar-refractivity contribution is 5.95. The van der Waals surface area contributed by atoms with Gasteiger partial charge in [-0.05, 0) is 6.07 Å². The van der Waals surface area contributed by atoms with Crippen molar-refractivity contribution in [2.24, 2.45) is 7.05 Å². The largest absolute Gasteiger partial charge is 0.478 e. The lowest BCUT2D eigenvalue weighted by Crippen LogP contribution is -2.19. The van der Waals surface area contributed by atoms with Crippen LogP contribution in [0.5, 0.6) is 0 Å². The molecule has 2 rings (SSSR count). The summed E-state index contributed by atoms with van der Waals surface area (Å²) in [5.74, 6) is -1.13. The van der Waals surface area contributed by atoms with Crippen LogP contribution >= 0.6 is 0 Å². The molecule has 1 heterocycles. The van der Waals surface area contributed by atoms with Gasteiger partial charge in [-0.1, -0.05) is 0 Å². The van der Waals surface area contributed by atoms with E-state index >= 15 is 0 Å². The number of carboxylic acids is 1. The van der Waals surface area contributed by atoms with Gasteiger partial charge in [0.1, 0.15) is 0 Å². The number of rotatable bonds is 5. The standard InChI is InChI=1S/C13H14N4O4/c1-15(7-9-6-14-16(2)8-9)12-5-10(17(20)21)3-4-11(12)13(18)19/h3-6,8H,7H2,1-2H3,(H,18,19). The van der Waals surface area contributed by atoms with Crippen LogP contribution < -0.4 is 4.90 Å². The summed E-state index contributed by atoms with van der Waals surface area (Å²) in [7, 11) is 3.46. The number of nitro benzene ring substituents is 1. The second-order valence-corrected chi connectivity index (χ2v) is 4.64. The molecular weight excluding hydrogens is 276 g/mol. The molecule has 21 heavy (non-hydrogen) atoms. The molecule has 0 aliphatic rings. The average Bonchev–Trinajstić information content (AvgIpc) is 2.83. The Kier molecular flexibility index (Phi) is 3.88. The Balaban J connectivity index is 2.37. The highest BCUT2D eigenvalue weighted by Crippen LogP contribution is 2.26. The second-order valence-electron chi connectivity index (χ2n) is 4.64. The Labute approximate surface area is 120 Å². The number of hydrogen-bond acceptors (Lipinski definition) is 5. The number of anilines is 1. The minimum atomic E-state index is -1.13. The number of aromatic carboxylic acids is 1. The molecule has 2 aromatic rings. The van der Waals surface area contributed by atoms with Gasteiger partial charge in [0.05, 0.1) is 22.4 Å². The van der Waals surface area contributed by atoms with Crippen LogP contribution in [0, 0.1) is 10.1 Å². The molecule has 0 bridgehead atoms. The number of hydrogen-bond donors (Lipinski definition) is 1. The van der Waals surface area contributed by atoms with Gasteiger partial charge >= 0.3 is 5.97 Å². The van der Waals surface area contributed by atoms with Crippen molar-refractivity contribution in [1.82, 2.24) is 9.78 Å². The molecule has 110 valence electrons. The van der Waals surface area contributed by atoms with E-state index in [9.17, 15) is 20.0 Å². The van der Waals surface area contributed by atoms with Crippen LogP contribution in [-0.2, 0) is 13.6 Å². The molecular formula is C13H14N4O4. The first kappa shape index (κ1) is 14.5. The maximum absolute atomic E-state index is 11.3. The molecule has 0 spiro atoms. The predicted octanol–water partition coefficient (Wildman–Crippen LogP) is 1.66. The molecule has 8 nitrogen and oxygen atoms in total. The zero-order valence-electron chi connectivity index (χ0n) is 11.6. The molecule has 1 aromatic carbocycles. The van der Waals surface area contributed by atoms with Crippen molar-refractivity contribution in [1.29, 1.82) is 0 Å². The summed E-state index contributed by atoms with van der Waals surface area (Å²) in [6.45, 7) is 0.398. The third kappa shape index (κ3) is 3.16. The second kappa shape index (κ2) is 5.61.